The minimum Gasteiger partial charge on any atom is -0.496 e. The fraction of sp³-hybridized carbons (Fsp3) is 0.158. The number of carbonyl (C=O) groups excluding carboxylic acids is 1. The SMILES string of the molecule is COc1ccccc1CCOc1ccnc2ccc(C=O)cc12. The molecule has 0 aliphatic heterocycles. The molecule has 3 rings (SSSR count). The molecular formula is C19H17NO3. The maximum Gasteiger partial charge on any atom is 0.150 e. The van der Waals surface area contributed by atoms with E-state index in [-0.39, 0.29) is 0 Å². The van der Waals surface area contributed by atoms with E-state index in [9.17, 15) is 4.79 Å². The number of hydrogen-bond acceptors (Lipinski definition) is 4. The van der Waals surface area contributed by atoms with Crippen molar-refractivity contribution in [3.63, 3.8) is 0 Å². The number of aldehydes is 1. The number of methoxy groups -OCH3 is 1. The maximum atomic E-state index is 11.0. The third kappa shape index (κ3) is 3.31. The molecule has 4 nitrogen and oxygen atoms in total. The van der Waals surface area contributed by atoms with Crippen molar-refractivity contribution in [3.05, 3.63) is 65.9 Å². The summed E-state index contributed by atoms with van der Waals surface area (Å²) in [5.41, 5.74) is 2.52. The molecule has 0 aliphatic rings. The summed E-state index contributed by atoms with van der Waals surface area (Å²) in [6.45, 7) is 0.519. The minimum absolute atomic E-state index is 0.519. The Morgan fingerprint density at radius 2 is 1.96 bits per heavy atom. The van der Waals surface area contributed by atoms with E-state index < -0.39 is 0 Å². The van der Waals surface area contributed by atoms with Crippen LogP contribution >= 0.6 is 0 Å². The van der Waals surface area contributed by atoms with Gasteiger partial charge >= 0.3 is 0 Å². The van der Waals surface area contributed by atoms with Crippen molar-refractivity contribution < 1.29 is 14.3 Å². The minimum atomic E-state index is 0.519. The number of fused-ring (bicyclic) bond motifs is 1. The number of benzene rings is 2. The van der Waals surface area contributed by atoms with E-state index in [0.29, 0.717) is 12.2 Å². The van der Waals surface area contributed by atoms with Crippen LogP contribution in [0.5, 0.6) is 11.5 Å². The fourth-order valence-electron chi connectivity index (χ4n) is 2.52. The molecule has 2 aromatic carbocycles. The second-order valence-electron chi connectivity index (χ2n) is 5.11. The van der Waals surface area contributed by atoms with Crippen LogP contribution in [0.25, 0.3) is 10.9 Å². The molecular weight excluding hydrogens is 290 g/mol. The molecule has 0 unspecified atom stereocenters. The molecule has 0 saturated heterocycles. The molecule has 0 N–H and O–H groups in total. The zero-order valence-corrected chi connectivity index (χ0v) is 12.9. The van der Waals surface area contributed by atoms with Crippen molar-refractivity contribution in [3.8, 4) is 11.5 Å². The van der Waals surface area contributed by atoms with Gasteiger partial charge in [-0.1, -0.05) is 18.2 Å². The molecule has 1 heterocycles. The van der Waals surface area contributed by atoms with Crippen LogP contribution in [-0.4, -0.2) is 25.0 Å². The highest BCUT2D eigenvalue weighted by Gasteiger charge is 2.06. The van der Waals surface area contributed by atoms with E-state index in [1.165, 1.54) is 0 Å². The number of nitrogens with zero attached hydrogens (tertiary/aromatic N) is 1. The molecule has 0 spiro atoms. The van der Waals surface area contributed by atoms with Crippen LogP contribution in [0.2, 0.25) is 0 Å². The molecule has 116 valence electrons. The Balaban J connectivity index is 1.78. The Morgan fingerprint density at radius 1 is 1.09 bits per heavy atom. The van der Waals surface area contributed by atoms with Crippen LogP contribution < -0.4 is 9.47 Å². The van der Waals surface area contributed by atoms with E-state index in [2.05, 4.69) is 4.98 Å². The molecule has 0 radical (unpaired) electrons. The van der Waals surface area contributed by atoms with Gasteiger partial charge in [0, 0.05) is 23.6 Å². The molecule has 0 fully saturated rings. The lowest BCUT2D eigenvalue weighted by molar-refractivity contribution is 0.112. The monoisotopic (exact) mass is 307 g/mol. The number of rotatable bonds is 6. The summed E-state index contributed by atoms with van der Waals surface area (Å²) in [7, 11) is 1.66. The zero-order valence-electron chi connectivity index (χ0n) is 12.9. The Labute approximate surface area is 134 Å². The lowest BCUT2D eigenvalue weighted by atomic mass is 10.1. The van der Waals surface area contributed by atoms with Gasteiger partial charge in [-0.3, -0.25) is 9.78 Å². The first-order valence-electron chi connectivity index (χ1n) is 7.40. The van der Waals surface area contributed by atoms with Crippen LogP contribution in [0.4, 0.5) is 0 Å². The van der Waals surface area contributed by atoms with Gasteiger partial charge in [0.25, 0.3) is 0 Å². The highest BCUT2D eigenvalue weighted by Crippen LogP contribution is 2.25. The highest BCUT2D eigenvalue weighted by molar-refractivity contribution is 5.90. The Kier molecular flexibility index (Phi) is 4.52. The first-order chi connectivity index (χ1) is 11.3. The number of ether oxygens (including phenoxy) is 2. The number of hydrogen-bond donors (Lipinski definition) is 0. The van der Waals surface area contributed by atoms with E-state index in [1.54, 1.807) is 25.4 Å². The van der Waals surface area contributed by atoms with Crippen molar-refractivity contribution in [1.29, 1.82) is 0 Å². The van der Waals surface area contributed by atoms with Gasteiger partial charge in [0.05, 0.1) is 19.2 Å². The van der Waals surface area contributed by atoms with Crippen molar-refractivity contribution in [2.24, 2.45) is 0 Å². The summed E-state index contributed by atoms with van der Waals surface area (Å²) in [6.07, 6.45) is 3.27. The molecule has 0 amide bonds. The van der Waals surface area contributed by atoms with Gasteiger partial charge in [-0.2, -0.15) is 0 Å². The van der Waals surface area contributed by atoms with Crippen LogP contribution in [0.1, 0.15) is 15.9 Å². The molecule has 3 aromatic rings. The third-order valence-electron chi connectivity index (χ3n) is 3.68. The van der Waals surface area contributed by atoms with Gasteiger partial charge in [-0.25, -0.2) is 0 Å². The quantitative estimate of drug-likeness (QED) is 0.652. The average Bonchev–Trinajstić information content (AvgIpc) is 2.62. The Hall–Kier alpha value is -2.88. The van der Waals surface area contributed by atoms with E-state index in [0.717, 1.165) is 40.7 Å². The summed E-state index contributed by atoms with van der Waals surface area (Å²) in [6, 6.07) is 15.1. The van der Waals surface area contributed by atoms with Crippen LogP contribution in [0.15, 0.2) is 54.7 Å². The van der Waals surface area contributed by atoms with E-state index >= 15 is 0 Å². The molecule has 0 aliphatic carbocycles. The number of aromatic nitrogens is 1. The molecule has 4 heteroatoms. The molecule has 23 heavy (non-hydrogen) atoms. The Bertz CT molecular complexity index is 830. The van der Waals surface area contributed by atoms with Crippen LogP contribution in [-0.2, 0) is 6.42 Å². The molecule has 1 aromatic heterocycles. The zero-order chi connectivity index (χ0) is 16.1. The van der Waals surface area contributed by atoms with E-state index in [1.807, 2.05) is 36.4 Å². The molecule has 0 bridgehead atoms. The standard InChI is InChI=1S/C19H17NO3/c1-22-18-5-3-2-4-15(18)9-11-23-19-8-10-20-17-7-6-14(13-21)12-16(17)19/h2-8,10,12-13H,9,11H2,1H3. The predicted octanol–water partition coefficient (Wildman–Crippen LogP) is 3.68. The average molecular weight is 307 g/mol. The summed E-state index contributed by atoms with van der Waals surface area (Å²) < 4.78 is 11.3. The summed E-state index contributed by atoms with van der Waals surface area (Å²) in [5.74, 6) is 1.59. The Morgan fingerprint density at radius 3 is 2.78 bits per heavy atom. The van der Waals surface area contributed by atoms with Gasteiger partial charge < -0.3 is 9.47 Å². The van der Waals surface area contributed by atoms with Crippen molar-refractivity contribution in [2.45, 2.75) is 6.42 Å². The number of para-hydroxylation sites is 1. The van der Waals surface area contributed by atoms with Crippen molar-refractivity contribution in [2.75, 3.05) is 13.7 Å². The summed E-state index contributed by atoms with van der Waals surface area (Å²) >= 11 is 0. The van der Waals surface area contributed by atoms with Crippen LogP contribution in [0, 0.1) is 0 Å². The summed E-state index contributed by atoms with van der Waals surface area (Å²) in [5, 5.41) is 0.845. The number of pyridine rings is 1. The van der Waals surface area contributed by atoms with Gasteiger partial charge in [-0.15, -0.1) is 0 Å². The lowest BCUT2D eigenvalue weighted by Crippen LogP contribution is -2.03. The van der Waals surface area contributed by atoms with Crippen molar-refractivity contribution >= 4 is 17.2 Å². The number of carbonyl (C=O) groups is 1. The smallest absolute Gasteiger partial charge is 0.150 e. The third-order valence-corrected chi connectivity index (χ3v) is 3.68. The van der Waals surface area contributed by atoms with E-state index in [4.69, 9.17) is 9.47 Å². The largest absolute Gasteiger partial charge is 0.496 e. The second-order valence-corrected chi connectivity index (χ2v) is 5.11. The first-order valence-corrected chi connectivity index (χ1v) is 7.40. The normalized spacial score (nSPS) is 10.5. The highest BCUT2D eigenvalue weighted by atomic mass is 16.5. The first kappa shape index (κ1) is 15.0. The van der Waals surface area contributed by atoms with Gasteiger partial charge in [0.2, 0.25) is 0 Å². The second kappa shape index (κ2) is 6.92. The molecule has 0 atom stereocenters. The predicted molar refractivity (Wildman–Crippen MR) is 89.3 cm³/mol. The topological polar surface area (TPSA) is 48.4 Å². The maximum absolute atomic E-state index is 11.0. The van der Waals surface area contributed by atoms with Crippen molar-refractivity contribution in [1.82, 2.24) is 4.98 Å². The van der Waals surface area contributed by atoms with Gasteiger partial charge in [0.15, 0.2) is 0 Å². The van der Waals surface area contributed by atoms with Gasteiger partial charge in [0.1, 0.15) is 17.8 Å². The van der Waals surface area contributed by atoms with Gasteiger partial charge in [-0.05, 0) is 35.9 Å². The lowest BCUT2D eigenvalue weighted by Gasteiger charge is -2.11. The fourth-order valence-corrected chi connectivity index (χ4v) is 2.52. The molecule has 0 saturated carbocycles. The summed E-state index contributed by atoms with van der Waals surface area (Å²) in [4.78, 5) is 15.3. The van der Waals surface area contributed by atoms with Crippen LogP contribution in [0.3, 0.4) is 0 Å².